The van der Waals surface area contributed by atoms with Crippen LogP contribution in [0.5, 0.6) is 17.2 Å². The maximum Gasteiger partial charge on any atom is 0.314 e. The van der Waals surface area contributed by atoms with Crippen LogP contribution in [0.2, 0.25) is 0 Å². The number of hydrogen-bond acceptors (Lipinski definition) is 8. The Labute approximate surface area is 130 Å². The zero-order valence-corrected chi connectivity index (χ0v) is 12.1. The molecule has 9 heteroatoms. The molecular weight excluding hydrogens is 310 g/mol. The van der Waals surface area contributed by atoms with Crippen molar-refractivity contribution in [3.05, 3.63) is 22.2 Å². The second-order valence-electron chi connectivity index (χ2n) is 5.27. The van der Waals surface area contributed by atoms with Crippen LogP contribution >= 0.6 is 0 Å². The van der Waals surface area contributed by atoms with E-state index in [-0.39, 0.29) is 31.3 Å². The third-order valence-corrected chi connectivity index (χ3v) is 3.58. The Morgan fingerprint density at radius 3 is 2.78 bits per heavy atom. The summed E-state index contributed by atoms with van der Waals surface area (Å²) in [6, 6.07) is 2.66. The van der Waals surface area contributed by atoms with E-state index < -0.39 is 23.1 Å². The van der Waals surface area contributed by atoms with Crippen molar-refractivity contribution in [2.24, 2.45) is 0 Å². The molecule has 0 spiro atoms. The summed E-state index contributed by atoms with van der Waals surface area (Å²) in [5, 5.41) is 20.6. The molecule has 0 aromatic heterocycles. The molecule has 2 aliphatic heterocycles. The molecule has 0 bridgehead atoms. The Morgan fingerprint density at radius 1 is 1.35 bits per heavy atom. The predicted octanol–water partition coefficient (Wildman–Crippen LogP) is 1.16. The van der Waals surface area contributed by atoms with Gasteiger partial charge in [-0.2, -0.15) is 0 Å². The molecule has 0 saturated carbocycles. The first-order valence-corrected chi connectivity index (χ1v) is 7.11. The number of rotatable bonds is 5. The van der Waals surface area contributed by atoms with Gasteiger partial charge >= 0.3 is 11.7 Å². The van der Waals surface area contributed by atoms with Crippen LogP contribution in [0.25, 0.3) is 0 Å². The predicted molar refractivity (Wildman–Crippen MR) is 74.5 cm³/mol. The summed E-state index contributed by atoms with van der Waals surface area (Å²) in [5.41, 5.74) is -0.227. The molecule has 0 unspecified atom stereocenters. The molecule has 0 amide bonds. The lowest BCUT2D eigenvalue weighted by atomic mass is 10.0. The Kier molecular flexibility index (Phi) is 4.20. The fourth-order valence-corrected chi connectivity index (χ4v) is 2.51. The van der Waals surface area contributed by atoms with Gasteiger partial charge in [-0.25, -0.2) is 0 Å². The van der Waals surface area contributed by atoms with Gasteiger partial charge in [-0.3, -0.25) is 14.9 Å². The second kappa shape index (κ2) is 6.29. The van der Waals surface area contributed by atoms with E-state index in [2.05, 4.69) is 0 Å². The molecule has 124 valence electrons. The minimum atomic E-state index is -0.721. The molecule has 2 aliphatic rings. The molecule has 23 heavy (non-hydrogen) atoms. The molecule has 2 heterocycles. The van der Waals surface area contributed by atoms with Crippen molar-refractivity contribution in [3.63, 3.8) is 0 Å². The van der Waals surface area contributed by atoms with Crippen molar-refractivity contribution in [3.8, 4) is 17.2 Å². The zero-order valence-electron chi connectivity index (χ0n) is 12.1. The lowest BCUT2D eigenvalue weighted by molar-refractivity contribution is -0.385. The number of carbonyl (C=O) groups is 1. The van der Waals surface area contributed by atoms with Gasteiger partial charge in [0.2, 0.25) is 12.5 Å². The lowest BCUT2D eigenvalue weighted by Gasteiger charge is -2.25. The number of nitrogens with zero attached hydrogens (tertiary/aromatic N) is 1. The summed E-state index contributed by atoms with van der Waals surface area (Å²) >= 11 is 0. The van der Waals surface area contributed by atoms with E-state index in [1.165, 1.54) is 12.1 Å². The number of esters is 1. The Balaban J connectivity index is 1.64. The highest BCUT2D eigenvalue weighted by Crippen LogP contribution is 2.41. The number of nitro benzene ring substituents is 1. The number of hydrogen-bond donors (Lipinski definition) is 1. The highest BCUT2D eigenvalue weighted by molar-refractivity contribution is 5.70. The van der Waals surface area contributed by atoms with E-state index in [0.29, 0.717) is 24.3 Å². The number of aliphatic hydroxyl groups is 1. The Bertz CT molecular complexity index is 631. The molecule has 1 aromatic rings. The van der Waals surface area contributed by atoms with Gasteiger partial charge < -0.3 is 24.1 Å². The fraction of sp³-hybridized carbons (Fsp3) is 0.500. The van der Waals surface area contributed by atoms with Crippen molar-refractivity contribution in [2.75, 3.05) is 13.4 Å². The highest BCUT2D eigenvalue weighted by atomic mass is 16.7. The van der Waals surface area contributed by atoms with Crippen molar-refractivity contribution < 1.29 is 33.8 Å². The second-order valence-corrected chi connectivity index (χ2v) is 5.27. The first-order chi connectivity index (χ1) is 11.0. The molecule has 1 N–H and O–H groups in total. The summed E-state index contributed by atoms with van der Waals surface area (Å²) in [7, 11) is 0. The number of nitro groups is 1. The summed E-state index contributed by atoms with van der Waals surface area (Å²) in [6.45, 7) is 0.108. The van der Waals surface area contributed by atoms with Crippen molar-refractivity contribution in [1.82, 2.24) is 0 Å². The van der Waals surface area contributed by atoms with Gasteiger partial charge in [0.25, 0.3) is 0 Å². The average Bonchev–Trinajstić information content (AvgIpc) is 2.92. The molecule has 1 aromatic carbocycles. The van der Waals surface area contributed by atoms with Gasteiger partial charge in [0.05, 0.1) is 30.1 Å². The highest BCUT2D eigenvalue weighted by Gasteiger charge is 2.28. The van der Waals surface area contributed by atoms with Crippen LogP contribution in [0.4, 0.5) is 5.69 Å². The summed E-state index contributed by atoms with van der Waals surface area (Å²) < 4.78 is 20.8. The lowest BCUT2D eigenvalue weighted by Crippen LogP contribution is -2.33. The Hall–Kier alpha value is -2.55. The van der Waals surface area contributed by atoms with E-state index in [4.69, 9.17) is 18.9 Å². The van der Waals surface area contributed by atoms with Gasteiger partial charge in [-0.1, -0.05) is 0 Å². The number of ether oxygens (including phenoxy) is 4. The van der Waals surface area contributed by atoms with Gasteiger partial charge in [0.1, 0.15) is 6.10 Å². The van der Waals surface area contributed by atoms with Crippen LogP contribution in [0, 0.1) is 10.1 Å². The van der Waals surface area contributed by atoms with Crippen molar-refractivity contribution in [1.29, 1.82) is 0 Å². The van der Waals surface area contributed by atoms with Crippen LogP contribution in [-0.4, -0.2) is 41.6 Å². The average molecular weight is 325 g/mol. The van der Waals surface area contributed by atoms with Gasteiger partial charge in [0, 0.05) is 18.9 Å². The standard InChI is InChI=1S/C14H15NO8/c16-8-3-9(23-14(17)4-8)1-2-20-11-6-13-12(21-7-22-13)5-10(11)15(18)19/h5-6,8-9,16H,1-4,7H2/t8-,9-/m1/s1. The SMILES string of the molecule is O=C1C[C@H](O)C[C@@H](CCOc2cc3c(cc2[N+](=O)[O-])OCO3)O1. The first-order valence-electron chi connectivity index (χ1n) is 7.11. The van der Waals surface area contributed by atoms with Crippen LogP contribution in [0.15, 0.2) is 12.1 Å². The number of benzene rings is 1. The Morgan fingerprint density at radius 2 is 2.09 bits per heavy atom. The topological polar surface area (TPSA) is 117 Å². The molecular formula is C14H15NO8. The fourth-order valence-electron chi connectivity index (χ4n) is 2.51. The zero-order chi connectivity index (χ0) is 16.4. The molecule has 2 atom stereocenters. The summed E-state index contributed by atoms with van der Waals surface area (Å²) in [5.74, 6) is 0.281. The van der Waals surface area contributed by atoms with E-state index in [1.807, 2.05) is 0 Å². The first kappa shape index (κ1) is 15.3. The van der Waals surface area contributed by atoms with Gasteiger partial charge in [-0.05, 0) is 0 Å². The van der Waals surface area contributed by atoms with E-state index >= 15 is 0 Å². The molecule has 1 fully saturated rings. The maximum absolute atomic E-state index is 11.2. The monoisotopic (exact) mass is 325 g/mol. The number of cyclic esters (lactones) is 1. The van der Waals surface area contributed by atoms with E-state index in [9.17, 15) is 20.0 Å². The summed E-state index contributed by atoms with van der Waals surface area (Å²) in [6.07, 6.45) is -0.530. The molecule has 1 saturated heterocycles. The minimum Gasteiger partial charge on any atom is -0.487 e. The third kappa shape index (κ3) is 3.45. The quantitative estimate of drug-likeness (QED) is 0.487. The molecule has 0 aliphatic carbocycles. The van der Waals surface area contributed by atoms with Gasteiger partial charge in [-0.15, -0.1) is 0 Å². The van der Waals surface area contributed by atoms with Gasteiger partial charge in [0.15, 0.2) is 11.5 Å². The van der Waals surface area contributed by atoms with E-state index in [1.54, 1.807) is 0 Å². The van der Waals surface area contributed by atoms with Crippen LogP contribution in [0.1, 0.15) is 19.3 Å². The van der Waals surface area contributed by atoms with E-state index in [0.717, 1.165) is 0 Å². The maximum atomic E-state index is 11.2. The molecule has 3 rings (SSSR count). The number of fused-ring (bicyclic) bond motifs is 1. The molecule has 0 radical (unpaired) electrons. The number of aliphatic hydroxyl groups excluding tert-OH is 1. The minimum absolute atomic E-state index is 0.00581. The van der Waals surface area contributed by atoms with Crippen molar-refractivity contribution >= 4 is 11.7 Å². The van der Waals surface area contributed by atoms with Crippen LogP contribution < -0.4 is 14.2 Å². The van der Waals surface area contributed by atoms with Crippen molar-refractivity contribution in [2.45, 2.75) is 31.5 Å². The largest absolute Gasteiger partial charge is 0.487 e. The number of carbonyl (C=O) groups excluding carboxylic acids is 1. The summed E-state index contributed by atoms with van der Waals surface area (Å²) in [4.78, 5) is 21.8. The normalized spacial score (nSPS) is 22.6. The molecule has 9 nitrogen and oxygen atoms in total. The third-order valence-electron chi connectivity index (χ3n) is 3.58. The van der Waals surface area contributed by atoms with Crippen LogP contribution in [0.3, 0.4) is 0 Å². The van der Waals surface area contributed by atoms with Crippen LogP contribution in [-0.2, 0) is 9.53 Å². The smallest absolute Gasteiger partial charge is 0.314 e.